The van der Waals surface area contributed by atoms with E-state index >= 15 is 0 Å². The number of benzene rings is 1. The van der Waals surface area contributed by atoms with Crippen LogP contribution in [0.25, 0.3) is 21.6 Å². The normalized spacial score (nSPS) is 10.5. The highest BCUT2D eigenvalue weighted by atomic mass is 32.1. The van der Waals surface area contributed by atoms with Crippen molar-refractivity contribution in [2.75, 3.05) is 0 Å². The summed E-state index contributed by atoms with van der Waals surface area (Å²) in [6.07, 6.45) is 3.53. The smallest absolute Gasteiger partial charge is 0.123 e. The molecular formula is C15H9FNS. The Morgan fingerprint density at radius 3 is 2.39 bits per heavy atom. The van der Waals surface area contributed by atoms with E-state index in [2.05, 4.69) is 10.4 Å². The Hall–Kier alpha value is -2.00. The molecule has 0 saturated heterocycles. The fraction of sp³-hybridized carbons (Fsp3) is 0. The average Bonchev–Trinajstić information content (AvgIpc) is 2.90. The maximum absolute atomic E-state index is 12.9. The van der Waals surface area contributed by atoms with E-state index in [1.54, 1.807) is 24.5 Å². The zero-order valence-electron chi connectivity index (χ0n) is 9.43. The Morgan fingerprint density at radius 2 is 1.67 bits per heavy atom. The third kappa shape index (κ3) is 2.05. The summed E-state index contributed by atoms with van der Waals surface area (Å²) in [6, 6.07) is 12.4. The minimum Gasteiger partial charge on any atom is -0.265 e. The lowest BCUT2D eigenvalue weighted by Crippen LogP contribution is -1.80. The van der Waals surface area contributed by atoms with Gasteiger partial charge < -0.3 is 0 Å². The SMILES string of the molecule is Fc1ccc(-c2s[c]cc2-c2ccncc2)cc1. The third-order valence-corrected chi connectivity index (χ3v) is 3.60. The molecule has 2 heterocycles. The zero-order chi connectivity index (χ0) is 12.4. The molecule has 0 N–H and O–H groups in total. The third-order valence-electron chi connectivity index (χ3n) is 2.71. The number of hydrogen-bond donors (Lipinski definition) is 0. The van der Waals surface area contributed by atoms with Crippen molar-refractivity contribution in [3.8, 4) is 21.6 Å². The summed E-state index contributed by atoms with van der Waals surface area (Å²) in [5, 5.41) is 3.14. The van der Waals surface area contributed by atoms with E-state index in [0.29, 0.717) is 0 Å². The maximum Gasteiger partial charge on any atom is 0.123 e. The second-order valence-electron chi connectivity index (χ2n) is 3.85. The fourth-order valence-electron chi connectivity index (χ4n) is 1.83. The van der Waals surface area contributed by atoms with Gasteiger partial charge in [-0.25, -0.2) is 4.39 Å². The predicted octanol–water partition coefficient (Wildman–Crippen LogP) is 4.42. The summed E-state index contributed by atoms with van der Waals surface area (Å²) in [6.45, 7) is 0. The van der Waals surface area contributed by atoms with Crippen LogP contribution in [0.15, 0.2) is 54.9 Å². The molecule has 3 heteroatoms. The van der Waals surface area contributed by atoms with Crippen molar-refractivity contribution in [2.24, 2.45) is 0 Å². The molecule has 0 amide bonds. The zero-order valence-corrected chi connectivity index (χ0v) is 10.2. The number of rotatable bonds is 2. The Kier molecular flexibility index (Phi) is 2.90. The summed E-state index contributed by atoms with van der Waals surface area (Å²) >= 11 is 1.54. The minimum atomic E-state index is -0.218. The number of aromatic nitrogens is 1. The van der Waals surface area contributed by atoms with Gasteiger partial charge in [-0.15, -0.1) is 11.3 Å². The second kappa shape index (κ2) is 4.70. The van der Waals surface area contributed by atoms with Gasteiger partial charge in [-0.05, 0) is 41.5 Å². The molecule has 3 aromatic rings. The van der Waals surface area contributed by atoms with E-state index in [1.807, 2.05) is 18.2 Å². The van der Waals surface area contributed by atoms with Crippen LogP contribution in [0.2, 0.25) is 0 Å². The molecule has 18 heavy (non-hydrogen) atoms. The molecule has 1 radical (unpaired) electrons. The molecule has 0 aliphatic heterocycles. The molecule has 1 nitrogen and oxygen atoms in total. The van der Waals surface area contributed by atoms with E-state index in [0.717, 1.165) is 21.6 Å². The van der Waals surface area contributed by atoms with Crippen molar-refractivity contribution < 1.29 is 4.39 Å². The molecule has 0 unspecified atom stereocenters. The molecule has 87 valence electrons. The highest BCUT2D eigenvalue weighted by Crippen LogP contribution is 2.36. The van der Waals surface area contributed by atoms with Crippen molar-refractivity contribution >= 4 is 11.3 Å². The quantitative estimate of drug-likeness (QED) is 0.659. The number of thiophene rings is 1. The Bertz CT molecular complexity index is 644. The summed E-state index contributed by atoms with van der Waals surface area (Å²) in [5.74, 6) is -0.218. The van der Waals surface area contributed by atoms with Crippen molar-refractivity contribution in [1.29, 1.82) is 0 Å². The lowest BCUT2D eigenvalue weighted by molar-refractivity contribution is 0.628. The van der Waals surface area contributed by atoms with E-state index in [4.69, 9.17) is 0 Å². The highest BCUT2D eigenvalue weighted by Gasteiger charge is 2.09. The van der Waals surface area contributed by atoms with Gasteiger partial charge in [0.15, 0.2) is 0 Å². The Balaban J connectivity index is 2.10. The first-order valence-electron chi connectivity index (χ1n) is 5.51. The predicted molar refractivity (Wildman–Crippen MR) is 71.8 cm³/mol. The monoisotopic (exact) mass is 254 g/mol. The van der Waals surface area contributed by atoms with Gasteiger partial charge in [-0.3, -0.25) is 4.98 Å². The fourth-order valence-corrected chi connectivity index (χ4v) is 2.66. The molecule has 0 atom stereocenters. The summed E-state index contributed by atoms with van der Waals surface area (Å²) in [7, 11) is 0. The van der Waals surface area contributed by atoms with Crippen LogP contribution in [0.3, 0.4) is 0 Å². The Labute approximate surface area is 109 Å². The van der Waals surface area contributed by atoms with Crippen LogP contribution in [0.1, 0.15) is 0 Å². The van der Waals surface area contributed by atoms with Crippen LogP contribution in [-0.4, -0.2) is 4.98 Å². The number of nitrogens with zero attached hydrogens (tertiary/aromatic N) is 1. The molecule has 0 bridgehead atoms. The van der Waals surface area contributed by atoms with Gasteiger partial charge in [0.1, 0.15) is 5.82 Å². The number of pyridine rings is 1. The largest absolute Gasteiger partial charge is 0.265 e. The van der Waals surface area contributed by atoms with Crippen LogP contribution in [0.5, 0.6) is 0 Å². The summed E-state index contributed by atoms with van der Waals surface area (Å²) < 4.78 is 12.9. The van der Waals surface area contributed by atoms with E-state index in [9.17, 15) is 4.39 Å². The van der Waals surface area contributed by atoms with Gasteiger partial charge in [0, 0.05) is 28.2 Å². The molecule has 3 rings (SSSR count). The number of hydrogen-bond acceptors (Lipinski definition) is 2. The van der Waals surface area contributed by atoms with Crippen molar-refractivity contribution in [2.45, 2.75) is 0 Å². The maximum atomic E-state index is 12.9. The van der Waals surface area contributed by atoms with Crippen LogP contribution in [-0.2, 0) is 0 Å². The molecule has 0 aliphatic carbocycles. The van der Waals surface area contributed by atoms with Gasteiger partial charge in [-0.2, -0.15) is 0 Å². The van der Waals surface area contributed by atoms with Crippen LogP contribution in [0.4, 0.5) is 4.39 Å². The van der Waals surface area contributed by atoms with Gasteiger partial charge in [0.2, 0.25) is 0 Å². The summed E-state index contributed by atoms with van der Waals surface area (Å²) in [4.78, 5) is 5.11. The van der Waals surface area contributed by atoms with Gasteiger partial charge in [0.25, 0.3) is 0 Å². The van der Waals surface area contributed by atoms with Gasteiger partial charge >= 0.3 is 0 Å². The van der Waals surface area contributed by atoms with Crippen molar-refractivity contribution in [3.63, 3.8) is 0 Å². The van der Waals surface area contributed by atoms with Gasteiger partial charge in [-0.1, -0.05) is 12.1 Å². The topological polar surface area (TPSA) is 12.9 Å². The van der Waals surface area contributed by atoms with Gasteiger partial charge in [0.05, 0.1) is 0 Å². The summed E-state index contributed by atoms with van der Waals surface area (Å²) in [5.41, 5.74) is 3.21. The van der Waals surface area contributed by atoms with Crippen LogP contribution in [0, 0.1) is 11.2 Å². The van der Waals surface area contributed by atoms with E-state index < -0.39 is 0 Å². The van der Waals surface area contributed by atoms with E-state index in [1.165, 1.54) is 23.5 Å². The molecule has 0 fully saturated rings. The molecular weight excluding hydrogens is 245 g/mol. The molecule has 0 aliphatic rings. The highest BCUT2D eigenvalue weighted by molar-refractivity contribution is 7.13. The number of halogens is 1. The first kappa shape index (κ1) is 11.1. The molecule has 2 aromatic heterocycles. The van der Waals surface area contributed by atoms with Crippen molar-refractivity contribution in [1.82, 2.24) is 4.98 Å². The van der Waals surface area contributed by atoms with Crippen molar-refractivity contribution in [3.05, 3.63) is 66.1 Å². The first-order valence-corrected chi connectivity index (χ1v) is 6.32. The van der Waals surface area contributed by atoms with E-state index in [-0.39, 0.29) is 5.82 Å². The second-order valence-corrected chi connectivity index (χ2v) is 4.70. The van der Waals surface area contributed by atoms with Crippen LogP contribution >= 0.6 is 11.3 Å². The molecule has 0 spiro atoms. The lowest BCUT2D eigenvalue weighted by atomic mass is 10.0. The molecule has 0 saturated carbocycles. The first-order chi connectivity index (χ1) is 8.84. The minimum absolute atomic E-state index is 0.218. The van der Waals surface area contributed by atoms with Crippen LogP contribution < -0.4 is 0 Å². The molecule has 1 aromatic carbocycles. The standard InChI is InChI=1S/C15H9FNS/c16-13-3-1-12(2-4-13)15-14(7-10-18-15)11-5-8-17-9-6-11/h1-9H. The average molecular weight is 254 g/mol. The Morgan fingerprint density at radius 1 is 0.944 bits per heavy atom. The lowest BCUT2D eigenvalue weighted by Gasteiger charge is -2.04.